The van der Waals surface area contributed by atoms with E-state index in [0.29, 0.717) is 12.3 Å². The molecule has 1 saturated heterocycles. The van der Waals surface area contributed by atoms with Crippen molar-refractivity contribution in [2.45, 2.75) is 18.4 Å². The van der Waals surface area contributed by atoms with Crippen molar-refractivity contribution in [1.82, 2.24) is 15.2 Å². The smallest absolute Gasteiger partial charge is 0.240 e. The Labute approximate surface area is 198 Å². The van der Waals surface area contributed by atoms with Crippen LogP contribution in [-0.2, 0) is 9.59 Å². The predicted molar refractivity (Wildman–Crippen MR) is 130 cm³/mol. The van der Waals surface area contributed by atoms with E-state index in [9.17, 15) is 9.59 Å². The zero-order chi connectivity index (χ0) is 22.5. The normalized spacial score (nSPS) is 16.8. The molecule has 3 heterocycles. The zero-order valence-corrected chi connectivity index (χ0v) is 19.8. The molecular formula is C23H28ClN5O2S. The molecule has 0 spiro atoms. The fourth-order valence-electron chi connectivity index (χ4n) is 4.08. The highest BCUT2D eigenvalue weighted by molar-refractivity contribution is 8.00. The van der Waals surface area contributed by atoms with Gasteiger partial charge in [0.25, 0.3) is 0 Å². The Bertz CT molecular complexity index is 981. The number of hydrogen-bond donors (Lipinski definition) is 1. The number of carbonyl (C=O) groups excluding carboxylic acids is 2. The number of halogens is 1. The number of aromatic nitrogens is 1. The van der Waals surface area contributed by atoms with Gasteiger partial charge >= 0.3 is 0 Å². The van der Waals surface area contributed by atoms with Gasteiger partial charge in [0.05, 0.1) is 11.4 Å². The molecule has 2 aliphatic rings. The summed E-state index contributed by atoms with van der Waals surface area (Å²) in [5.74, 6) is 0.123. The summed E-state index contributed by atoms with van der Waals surface area (Å²) in [5.41, 5.74) is 3.18. The molecule has 4 rings (SSSR count). The second-order valence-electron chi connectivity index (χ2n) is 8.06. The quantitative estimate of drug-likeness (QED) is 0.624. The van der Waals surface area contributed by atoms with E-state index in [2.05, 4.69) is 33.1 Å². The Balaban J connectivity index is 1.18. The molecule has 0 aliphatic carbocycles. The van der Waals surface area contributed by atoms with Crippen LogP contribution in [0.3, 0.4) is 0 Å². The van der Waals surface area contributed by atoms with Crippen molar-refractivity contribution in [3.05, 3.63) is 47.1 Å². The molecule has 2 aromatic rings. The van der Waals surface area contributed by atoms with Gasteiger partial charge in [0.15, 0.2) is 0 Å². The number of piperazine rings is 1. The molecule has 7 nitrogen and oxygen atoms in total. The van der Waals surface area contributed by atoms with Crippen LogP contribution in [0.2, 0.25) is 5.02 Å². The van der Waals surface area contributed by atoms with Crippen LogP contribution >= 0.6 is 23.4 Å². The third-order valence-electron chi connectivity index (χ3n) is 5.83. The number of thioether (sulfide) groups is 1. The molecule has 170 valence electrons. The Hall–Kier alpha value is -2.29. The van der Waals surface area contributed by atoms with Crippen molar-refractivity contribution in [2.75, 3.05) is 61.4 Å². The number of nitrogens with zero attached hydrogens (tertiary/aromatic N) is 4. The molecular weight excluding hydrogens is 446 g/mol. The van der Waals surface area contributed by atoms with Gasteiger partial charge in [-0.2, -0.15) is 0 Å². The summed E-state index contributed by atoms with van der Waals surface area (Å²) in [5, 5.41) is 4.53. The van der Waals surface area contributed by atoms with Crippen molar-refractivity contribution in [2.24, 2.45) is 0 Å². The summed E-state index contributed by atoms with van der Waals surface area (Å²) in [6.45, 7) is 7.61. The fraction of sp³-hybridized carbons (Fsp3) is 0.435. The molecule has 1 N–H and O–H groups in total. The number of amides is 2. The maximum atomic E-state index is 12.4. The summed E-state index contributed by atoms with van der Waals surface area (Å²) in [4.78, 5) is 35.3. The lowest BCUT2D eigenvalue weighted by Gasteiger charge is -2.37. The standard InChI is InChI=1S/C23H28ClN5O2S/c1-17-5-6-18(24)14-20(17)28-12-10-27(11-13-28)9-3-8-25-21(30)15-29-19-4-2-7-26-23(19)32-16-22(29)31/h2,4-7,14H,3,8-13,15-16H2,1H3,(H,25,30). The number of aryl methyl sites for hydroxylation is 1. The SMILES string of the molecule is Cc1ccc(Cl)cc1N1CCN(CCCNC(=O)CN2C(=O)CSc3ncccc32)CC1. The number of anilines is 2. The van der Waals surface area contributed by atoms with E-state index in [-0.39, 0.29) is 18.4 Å². The van der Waals surface area contributed by atoms with Crippen molar-refractivity contribution in [1.29, 1.82) is 0 Å². The summed E-state index contributed by atoms with van der Waals surface area (Å²) in [6, 6.07) is 9.67. The van der Waals surface area contributed by atoms with Crippen molar-refractivity contribution >= 4 is 46.6 Å². The Morgan fingerprint density at radius 1 is 1.19 bits per heavy atom. The van der Waals surface area contributed by atoms with E-state index in [1.165, 1.54) is 27.9 Å². The number of rotatable bonds is 7. The number of hydrogen-bond acceptors (Lipinski definition) is 6. The van der Waals surface area contributed by atoms with Crippen molar-refractivity contribution in [3.63, 3.8) is 0 Å². The average Bonchev–Trinajstić information content (AvgIpc) is 2.81. The molecule has 0 radical (unpaired) electrons. The minimum Gasteiger partial charge on any atom is -0.369 e. The van der Waals surface area contributed by atoms with Crippen LogP contribution in [0.25, 0.3) is 0 Å². The van der Waals surface area contributed by atoms with Gasteiger partial charge in [-0.05, 0) is 49.7 Å². The topological polar surface area (TPSA) is 68.8 Å². The molecule has 1 fully saturated rings. The summed E-state index contributed by atoms with van der Waals surface area (Å²) in [7, 11) is 0. The second-order valence-corrected chi connectivity index (χ2v) is 9.46. The van der Waals surface area contributed by atoms with E-state index >= 15 is 0 Å². The van der Waals surface area contributed by atoms with Gasteiger partial charge in [0, 0.05) is 49.6 Å². The summed E-state index contributed by atoms with van der Waals surface area (Å²) >= 11 is 7.59. The van der Waals surface area contributed by atoms with Gasteiger partial charge in [-0.15, -0.1) is 0 Å². The number of pyridine rings is 1. The van der Waals surface area contributed by atoms with Crippen LogP contribution in [0, 0.1) is 6.92 Å². The van der Waals surface area contributed by atoms with Crippen molar-refractivity contribution < 1.29 is 9.59 Å². The molecule has 1 aromatic heterocycles. The first kappa shape index (κ1) is 22.9. The summed E-state index contributed by atoms with van der Waals surface area (Å²) in [6.07, 6.45) is 2.58. The Morgan fingerprint density at radius 3 is 2.81 bits per heavy atom. The van der Waals surface area contributed by atoms with Crippen LogP contribution in [0.1, 0.15) is 12.0 Å². The third kappa shape index (κ3) is 5.54. The van der Waals surface area contributed by atoms with Crippen LogP contribution in [-0.4, -0.2) is 73.3 Å². The minimum atomic E-state index is -0.138. The van der Waals surface area contributed by atoms with Crippen LogP contribution in [0.5, 0.6) is 0 Å². The van der Waals surface area contributed by atoms with Crippen LogP contribution in [0.15, 0.2) is 41.6 Å². The van der Waals surface area contributed by atoms with Gasteiger partial charge in [-0.1, -0.05) is 29.4 Å². The molecule has 0 saturated carbocycles. The first-order valence-electron chi connectivity index (χ1n) is 10.9. The first-order chi connectivity index (χ1) is 15.5. The van der Waals surface area contributed by atoms with Crippen LogP contribution < -0.4 is 15.1 Å². The molecule has 2 aliphatic heterocycles. The van der Waals surface area contributed by atoms with Gasteiger partial charge in [0.1, 0.15) is 11.6 Å². The lowest BCUT2D eigenvalue weighted by atomic mass is 10.1. The Kier molecular flexibility index (Phi) is 7.55. The van der Waals surface area contributed by atoms with Crippen LogP contribution in [0.4, 0.5) is 11.4 Å². The third-order valence-corrected chi connectivity index (χ3v) is 7.05. The monoisotopic (exact) mass is 473 g/mol. The maximum absolute atomic E-state index is 12.4. The first-order valence-corrected chi connectivity index (χ1v) is 12.3. The number of carbonyl (C=O) groups is 2. The average molecular weight is 474 g/mol. The second kappa shape index (κ2) is 10.6. The molecule has 0 unspecified atom stereocenters. The maximum Gasteiger partial charge on any atom is 0.240 e. The molecule has 9 heteroatoms. The molecule has 0 bridgehead atoms. The van der Waals surface area contributed by atoms with E-state index in [4.69, 9.17) is 11.6 Å². The van der Waals surface area contributed by atoms with E-state index in [1.807, 2.05) is 18.2 Å². The number of fused-ring (bicyclic) bond motifs is 1. The highest BCUT2D eigenvalue weighted by atomic mass is 35.5. The van der Waals surface area contributed by atoms with E-state index < -0.39 is 0 Å². The lowest BCUT2D eigenvalue weighted by molar-refractivity contribution is -0.123. The van der Waals surface area contributed by atoms with Gasteiger partial charge in [0.2, 0.25) is 11.8 Å². The number of nitrogens with one attached hydrogen (secondary N) is 1. The molecule has 1 aromatic carbocycles. The fourth-order valence-corrected chi connectivity index (χ4v) is 5.12. The summed E-state index contributed by atoms with van der Waals surface area (Å²) < 4.78 is 0. The van der Waals surface area contributed by atoms with Crippen molar-refractivity contribution in [3.8, 4) is 0 Å². The molecule has 2 amide bonds. The van der Waals surface area contributed by atoms with E-state index in [1.54, 1.807) is 12.3 Å². The van der Waals surface area contributed by atoms with Gasteiger partial charge in [-0.25, -0.2) is 4.98 Å². The van der Waals surface area contributed by atoms with E-state index in [0.717, 1.165) is 54.9 Å². The molecule has 32 heavy (non-hydrogen) atoms. The highest BCUT2D eigenvalue weighted by Crippen LogP contribution is 2.32. The predicted octanol–water partition coefficient (Wildman–Crippen LogP) is 2.81. The van der Waals surface area contributed by atoms with Gasteiger partial charge < -0.3 is 10.2 Å². The highest BCUT2D eigenvalue weighted by Gasteiger charge is 2.27. The minimum absolute atomic E-state index is 0.0374. The lowest BCUT2D eigenvalue weighted by Crippen LogP contribution is -2.47. The van der Waals surface area contributed by atoms with Gasteiger partial charge in [-0.3, -0.25) is 19.4 Å². The number of benzene rings is 1. The zero-order valence-electron chi connectivity index (χ0n) is 18.2. The molecule has 0 atom stereocenters. The largest absolute Gasteiger partial charge is 0.369 e. The Morgan fingerprint density at radius 2 is 2.00 bits per heavy atom.